The number of carbonyl (C=O) groups is 1. The Morgan fingerprint density at radius 3 is 2.25 bits per heavy atom. The maximum atomic E-state index is 13.7. The lowest BCUT2D eigenvalue weighted by Gasteiger charge is -2.32. The maximum Gasteiger partial charge on any atom is 0.255 e. The van der Waals surface area contributed by atoms with E-state index in [1.54, 1.807) is 0 Å². The van der Waals surface area contributed by atoms with Gasteiger partial charge >= 0.3 is 0 Å². The molecule has 1 aliphatic rings. The lowest BCUT2D eigenvalue weighted by molar-refractivity contribution is 0.0711. The number of likely N-dealkylation sites (tertiary alicyclic amines) is 1. The number of piperidine rings is 1. The second-order valence-corrected chi connectivity index (χ2v) is 8.92. The molecule has 0 saturated carbocycles. The largest absolute Gasteiger partial charge is 0.338 e. The molecule has 1 saturated heterocycles. The summed E-state index contributed by atoms with van der Waals surface area (Å²) in [6, 6.07) is 6.32. The summed E-state index contributed by atoms with van der Waals surface area (Å²) in [6.07, 6.45) is 0.750. The van der Waals surface area contributed by atoms with Crippen LogP contribution in [0.3, 0.4) is 0 Å². The van der Waals surface area contributed by atoms with E-state index in [0.717, 1.165) is 18.2 Å². The zero-order valence-electron chi connectivity index (χ0n) is 14.5. The van der Waals surface area contributed by atoms with Crippen LogP contribution in [0, 0.1) is 11.6 Å². The molecule has 0 spiro atoms. The van der Waals surface area contributed by atoms with E-state index in [1.807, 2.05) is 0 Å². The van der Waals surface area contributed by atoms with E-state index in [2.05, 4.69) is 4.72 Å². The Morgan fingerprint density at radius 2 is 1.64 bits per heavy atom. The molecule has 2 aromatic carbocycles. The van der Waals surface area contributed by atoms with E-state index < -0.39 is 27.6 Å². The Labute approximate surface area is 171 Å². The monoisotopic (exact) mass is 448 g/mol. The number of benzene rings is 2. The van der Waals surface area contributed by atoms with Gasteiger partial charge in [0.15, 0.2) is 0 Å². The van der Waals surface area contributed by atoms with Gasteiger partial charge in [0.05, 0.1) is 20.5 Å². The molecule has 10 heteroatoms. The van der Waals surface area contributed by atoms with Crippen LogP contribution in [0.25, 0.3) is 0 Å². The minimum absolute atomic E-state index is 0.00825. The second kappa shape index (κ2) is 8.32. The minimum atomic E-state index is -3.79. The fourth-order valence-corrected chi connectivity index (χ4v) is 4.73. The molecule has 1 amide bonds. The van der Waals surface area contributed by atoms with Crippen molar-refractivity contribution in [1.29, 1.82) is 0 Å². The van der Waals surface area contributed by atoms with Gasteiger partial charge in [0.25, 0.3) is 5.91 Å². The van der Waals surface area contributed by atoms with Gasteiger partial charge in [0.1, 0.15) is 11.6 Å². The standard InChI is InChI=1S/C18H16Cl2F2N2O3S/c19-15-10-16(20)17(22)9-14(15)18(25)24-7-5-12(6-8-24)23-28(26,27)13-3-1-11(21)2-4-13/h1-4,9-10,12,23H,5-8H2. The summed E-state index contributed by atoms with van der Waals surface area (Å²) in [5.74, 6) is -1.71. The molecule has 1 fully saturated rings. The van der Waals surface area contributed by atoms with Crippen molar-refractivity contribution in [3.8, 4) is 0 Å². The van der Waals surface area contributed by atoms with E-state index in [4.69, 9.17) is 23.2 Å². The number of carbonyl (C=O) groups excluding carboxylic acids is 1. The molecule has 28 heavy (non-hydrogen) atoms. The third kappa shape index (κ3) is 4.63. The Hall–Kier alpha value is -1.74. The molecule has 3 rings (SSSR count). The highest BCUT2D eigenvalue weighted by Crippen LogP contribution is 2.26. The molecule has 0 aliphatic carbocycles. The molecule has 1 aliphatic heterocycles. The third-order valence-corrected chi connectivity index (χ3v) is 6.61. The van der Waals surface area contributed by atoms with Gasteiger partial charge in [0, 0.05) is 19.1 Å². The van der Waals surface area contributed by atoms with Gasteiger partial charge < -0.3 is 4.90 Å². The first-order valence-electron chi connectivity index (χ1n) is 8.39. The molecular formula is C18H16Cl2F2N2O3S. The van der Waals surface area contributed by atoms with Crippen molar-refractivity contribution in [2.24, 2.45) is 0 Å². The van der Waals surface area contributed by atoms with Gasteiger partial charge in [-0.05, 0) is 49.2 Å². The summed E-state index contributed by atoms with van der Waals surface area (Å²) in [4.78, 5) is 14.0. The highest BCUT2D eigenvalue weighted by atomic mass is 35.5. The van der Waals surface area contributed by atoms with Gasteiger partial charge in [-0.1, -0.05) is 23.2 Å². The van der Waals surface area contributed by atoms with Gasteiger partial charge in [-0.2, -0.15) is 0 Å². The van der Waals surface area contributed by atoms with E-state index in [-0.39, 0.29) is 39.6 Å². The lowest BCUT2D eigenvalue weighted by atomic mass is 10.0. The van der Waals surface area contributed by atoms with Crippen molar-refractivity contribution >= 4 is 39.1 Å². The zero-order chi connectivity index (χ0) is 20.5. The molecule has 2 aromatic rings. The molecule has 0 bridgehead atoms. The number of hydrogen-bond donors (Lipinski definition) is 1. The highest BCUT2D eigenvalue weighted by Gasteiger charge is 2.28. The van der Waals surface area contributed by atoms with Gasteiger partial charge in [-0.25, -0.2) is 21.9 Å². The molecule has 0 unspecified atom stereocenters. The third-order valence-electron chi connectivity index (χ3n) is 4.47. The predicted molar refractivity (Wildman–Crippen MR) is 102 cm³/mol. The number of nitrogens with zero attached hydrogens (tertiary/aromatic N) is 1. The first-order chi connectivity index (χ1) is 13.2. The number of halogens is 4. The van der Waals surface area contributed by atoms with E-state index >= 15 is 0 Å². The average Bonchev–Trinajstić information content (AvgIpc) is 2.65. The van der Waals surface area contributed by atoms with E-state index in [0.29, 0.717) is 12.8 Å². The number of hydrogen-bond acceptors (Lipinski definition) is 3. The van der Waals surface area contributed by atoms with Crippen molar-refractivity contribution < 1.29 is 22.0 Å². The lowest BCUT2D eigenvalue weighted by Crippen LogP contribution is -2.46. The first kappa shape index (κ1) is 21.0. The zero-order valence-corrected chi connectivity index (χ0v) is 16.8. The van der Waals surface area contributed by atoms with Crippen LogP contribution in [-0.2, 0) is 10.0 Å². The first-order valence-corrected chi connectivity index (χ1v) is 10.6. The van der Waals surface area contributed by atoms with Crippen molar-refractivity contribution in [1.82, 2.24) is 9.62 Å². The summed E-state index contributed by atoms with van der Waals surface area (Å²) in [7, 11) is -3.79. The summed E-state index contributed by atoms with van der Waals surface area (Å²) in [6.45, 7) is 0.548. The fraction of sp³-hybridized carbons (Fsp3) is 0.278. The van der Waals surface area contributed by atoms with Gasteiger partial charge in [-0.3, -0.25) is 4.79 Å². The predicted octanol–water partition coefficient (Wildman–Crippen LogP) is 3.85. The summed E-state index contributed by atoms with van der Waals surface area (Å²) < 4.78 is 54.0. The Balaban J connectivity index is 1.64. The number of rotatable bonds is 4. The SMILES string of the molecule is O=C(c1cc(F)c(Cl)cc1Cl)N1CCC(NS(=O)(=O)c2ccc(F)cc2)CC1. The Kier molecular flexibility index (Phi) is 6.24. The summed E-state index contributed by atoms with van der Waals surface area (Å²) >= 11 is 11.6. The van der Waals surface area contributed by atoms with Gasteiger partial charge in [-0.15, -0.1) is 0 Å². The van der Waals surface area contributed by atoms with Crippen molar-refractivity contribution in [3.63, 3.8) is 0 Å². The van der Waals surface area contributed by atoms with Crippen molar-refractivity contribution in [2.45, 2.75) is 23.8 Å². The quantitative estimate of drug-likeness (QED) is 0.722. The average molecular weight is 449 g/mol. The van der Waals surface area contributed by atoms with Crippen LogP contribution >= 0.6 is 23.2 Å². The Morgan fingerprint density at radius 1 is 1.04 bits per heavy atom. The normalized spacial score (nSPS) is 15.6. The molecule has 0 radical (unpaired) electrons. The van der Waals surface area contributed by atoms with Crippen molar-refractivity contribution in [2.75, 3.05) is 13.1 Å². The van der Waals surface area contributed by atoms with Crippen LogP contribution in [0.1, 0.15) is 23.2 Å². The Bertz CT molecular complexity index is 993. The van der Waals surface area contributed by atoms with Crippen LogP contribution in [0.5, 0.6) is 0 Å². The molecule has 0 atom stereocenters. The van der Waals surface area contributed by atoms with E-state index in [9.17, 15) is 22.0 Å². The van der Waals surface area contributed by atoms with Crippen LogP contribution in [0.15, 0.2) is 41.3 Å². The molecule has 1 N–H and O–H groups in total. The molecule has 5 nitrogen and oxygen atoms in total. The second-order valence-electron chi connectivity index (χ2n) is 6.39. The van der Waals surface area contributed by atoms with Crippen molar-refractivity contribution in [3.05, 3.63) is 63.6 Å². The van der Waals surface area contributed by atoms with Crippen LogP contribution in [0.2, 0.25) is 10.0 Å². The molecule has 1 heterocycles. The number of nitrogens with one attached hydrogen (secondary N) is 1. The molecule has 0 aromatic heterocycles. The molecule has 150 valence electrons. The number of amides is 1. The summed E-state index contributed by atoms with van der Waals surface area (Å²) in [5.41, 5.74) is 0.00825. The van der Waals surface area contributed by atoms with Crippen LogP contribution in [0.4, 0.5) is 8.78 Å². The van der Waals surface area contributed by atoms with Crippen LogP contribution < -0.4 is 4.72 Å². The fourth-order valence-electron chi connectivity index (χ4n) is 2.96. The minimum Gasteiger partial charge on any atom is -0.338 e. The van der Waals surface area contributed by atoms with E-state index in [1.165, 1.54) is 23.1 Å². The smallest absolute Gasteiger partial charge is 0.255 e. The topological polar surface area (TPSA) is 66.5 Å². The van der Waals surface area contributed by atoms with Crippen LogP contribution in [-0.4, -0.2) is 38.4 Å². The summed E-state index contributed by atoms with van der Waals surface area (Å²) in [5, 5.41) is -0.119. The number of sulfonamides is 1. The van der Waals surface area contributed by atoms with Gasteiger partial charge in [0.2, 0.25) is 10.0 Å². The molecular weight excluding hydrogens is 433 g/mol. The maximum absolute atomic E-state index is 13.7. The highest BCUT2D eigenvalue weighted by molar-refractivity contribution is 7.89.